The molecule has 0 heterocycles. The first kappa shape index (κ1) is 24.0. The van der Waals surface area contributed by atoms with Crippen LogP contribution in [-0.2, 0) is 32.0 Å². The van der Waals surface area contributed by atoms with E-state index in [1.807, 2.05) is 62.4 Å². The van der Waals surface area contributed by atoms with Crippen molar-refractivity contribution in [3.8, 4) is 0 Å². The molecule has 0 fully saturated rings. The molecule has 0 aliphatic carbocycles. The van der Waals surface area contributed by atoms with E-state index in [0.29, 0.717) is 6.42 Å². The summed E-state index contributed by atoms with van der Waals surface area (Å²) in [6.07, 6.45) is 0.610. The molecule has 0 aliphatic rings. The molecule has 2 aromatic carbocycles. The summed E-state index contributed by atoms with van der Waals surface area (Å²) in [5.41, 5.74) is 1.62. The van der Waals surface area contributed by atoms with Crippen LogP contribution in [-0.4, -0.2) is 35.5 Å². The maximum Gasteiger partial charge on any atom is 0.243 e. The van der Waals surface area contributed by atoms with Crippen LogP contribution in [0.1, 0.15) is 38.3 Å². The average Bonchev–Trinajstić information content (AvgIpc) is 2.73. The quantitative estimate of drug-likeness (QED) is 0.545. The molecule has 0 aliphatic heterocycles. The van der Waals surface area contributed by atoms with Gasteiger partial charge in [-0.3, -0.25) is 19.2 Å². The Bertz CT molecular complexity index is 894. The van der Waals surface area contributed by atoms with Crippen LogP contribution in [0.4, 0.5) is 0 Å². The molecule has 2 rings (SSSR count). The molecule has 6 heteroatoms. The molecule has 2 aromatic rings. The molecule has 0 aromatic heterocycles. The third kappa shape index (κ3) is 8.16. The van der Waals surface area contributed by atoms with E-state index in [2.05, 4.69) is 10.6 Å². The molecule has 0 unspecified atom stereocenters. The first-order valence-electron chi connectivity index (χ1n) is 10.5. The lowest BCUT2D eigenvalue weighted by atomic mass is 9.94. The van der Waals surface area contributed by atoms with Gasteiger partial charge in [0.25, 0.3) is 0 Å². The van der Waals surface area contributed by atoms with E-state index in [1.54, 1.807) is 12.1 Å². The van der Waals surface area contributed by atoms with Crippen molar-refractivity contribution in [3.05, 3.63) is 71.8 Å². The summed E-state index contributed by atoms with van der Waals surface area (Å²) >= 11 is 0. The van der Waals surface area contributed by atoms with Crippen molar-refractivity contribution in [1.82, 2.24) is 10.6 Å². The Hall–Kier alpha value is -3.28. The molecule has 164 valence electrons. The van der Waals surface area contributed by atoms with E-state index in [9.17, 15) is 19.2 Å². The number of benzene rings is 2. The van der Waals surface area contributed by atoms with Gasteiger partial charge in [-0.1, -0.05) is 74.5 Å². The van der Waals surface area contributed by atoms with Crippen LogP contribution >= 0.6 is 0 Å². The van der Waals surface area contributed by atoms with E-state index < -0.39 is 29.6 Å². The summed E-state index contributed by atoms with van der Waals surface area (Å²) in [6.45, 7) is 5.18. The zero-order valence-electron chi connectivity index (χ0n) is 18.3. The number of rotatable bonds is 11. The molecule has 31 heavy (non-hydrogen) atoms. The molecule has 0 spiro atoms. The largest absolute Gasteiger partial charge is 0.344 e. The van der Waals surface area contributed by atoms with Gasteiger partial charge in [0, 0.05) is 19.8 Å². The summed E-state index contributed by atoms with van der Waals surface area (Å²) in [5.74, 6) is -1.90. The van der Waals surface area contributed by atoms with Crippen LogP contribution in [0.2, 0.25) is 0 Å². The fraction of sp³-hybridized carbons (Fsp3) is 0.360. The molecule has 2 atom stereocenters. The van der Waals surface area contributed by atoms with Gasteiger partial charge < -0.3 is 10.6 Å². The molecular weight excluding hydrogens is 392 g/mol. The second-order valence-corrected chi connectivity index (χ2v) is 8.08. The fourth-order valence-electron chi connectivity index (χ4n) is 3.34. The molecule has 2 amide bonds. The molecule has 0 radical (unpaired) electrons. The Morgan fingerprint density at radius 2 is 1.32 bits per heavy atom. The molecule has 0 saturated heterocycles. The third-order valence-corrected chi connectivity index (χ3v) is 4.80. The van der Waals surface area contributed by atoms with Crippen molar-refractivity contribution in [2.24, 2.45) is 5.92 Å². The summed E-state index contributed by atoms with van der Waals surface area (Å²) in [4.78, 5) is 50.1. The van der Waals surface area contributed by atoms with Crippen molar-refractivity contribution >= 4 is 23.4 Å². The minimum atomic E-state index is -0.934. The predicted octanol–water partition coefficient (Wildman–Crippen LogP) is 2.65. The van der Waals surface area contributed by atoms with Gasteiger partial charge in [0.15, 0.2) is 0 Å². The van der Waals surface area contributed by atoms with E-state index >= 15 is 0 Å². The van der Waals surface area contributed by atoms with Crippen LogP contribution in [0.15, 0.2) is 60.7 Å². The van der Waals surface area contributed by atoms with Gasteiger partial charge >= 0.3 is 0 Å². The SMILES string of the molecule is CC(=O)N[C@@H](Cc1ccccc1)C(=O)N[C@@H](CC(C)C)C(=O)C(=O)Cc1ccccc1. The third-order valence-electron chi connectivity index (χ3n) is 4.80. The monoisotopic (exact) mass is 422 g/mol. The van der Waals surface area contributed by atoms with Crippen LogP contribution in [0.3, 0.4) is 0 Å². The molecular formula is C25H30N2O4. The fourth-order valence-corrected chi connectivity index (χ4v) is 3.34. The van der Waals surface area contributed by atoms with Crippen LogP contribution in [0, 0.1) is 5.92 Å². The second-order valence-electron chi connectivity index (χ2n) is 8.08. The van der Waals surface area contributed by atoms with Crippen molar-refractivity contribution in [2.75, 3.05) is 0 Å². The number of carbonyl (C=O) groups is 4. The van der Waals surface area contributed by atoms with Gasteiger partial charge in [0.1, 0.15) is 6.04 Å². The maximum atomic E-state index is 13.0. The molecule has 6 nitrogen and oxygen atoms in total. The van der Waals surface area contributed by atoms with E-state index in [0.717, 1.165) is 11.1 Å². The number of Topliss-reactive ketones (excluding diaryl/α,β-unsaturated/α-hetero) is 2. The van der Waals surface area contributed by atoms with Gasteiger partial charge in [0.2, 0.25) is 23.4 Å². The van der Waals surface area contributed by atoms with E-state index in [4.69, 9.17) is 0 Å². The van der Waals surface area contributed by atoms with Gasteiger partial charge in [-0.2, -0.15) is 0 Å². The minimum Gasteiger partial charge on any atom is -0.344 e. The highest BCUT2D eigenvalue weighted by molar-refractivity contribution is 6.39. The number of hydrogen-bond acceptors (Lipinski definition) is 4. The Morgan fingerprint density at radius 1 is 0.774 bits per heavy atom. The Kier molecular flexibility index (Phi) is 9.13. The number of nitrogens with one attached hydrogen (secondary N) is 2. The lowest BCUT2D eigenvalue weighted by molar-refractivity contribution is -0.139. The van der Waals surface area contributed by atoms with Crippen LogP contribution in [0.25, 0.3) is 0 Å². The lowest BCUT2D eigenvalue weighted by Gasteiger charge is -2.23. The average molecular weight is 423 g/mol. The smallest absolute Gasteiger partial charge is 0.243 e. The van der Waals surface area contributed by atoms with Crippen molar-refractivity contribution in [3.63, 3.8) is 0 Å². The standard InChI is InChI=1S/C25H30N2O4/c1-17(2)14-21(24(30)23(29)16-20-12-8-5-9-13-20)27-25(31)22(26-18(3)28)15-19-10-6-4-7-11-19/h4-13,17,21-22H,14-16H2,1-3H3,(H,26,28)(H,27,31)/t21-,22-/m0/s1. The molecule has 0 bridgehead atoms. The first-order valence-corrected chi connectivity index (χ1v) is 10.5. The Labute approximate surface area is 183 Å². The Morgan fingerprint density at radius 3 is 1.84 bits per heavy atom. The topological polar surface area (TPSA) is 92.3 Å². The number of ketones is 2. The number of amides is 2. The van der Waals surface area contributed by atoms with Crippen LogP contribution in [0.5, 0.6) is 0 Å². The maximum absolute atomic E-state index is 13.0. The highest BCUT2D eigenvalue weighted by atomic mass is 16.2. The minimum absolute atomic E-state index is 0.0106. The number of carbonyl (C=O) groups excluding carboxylic acids is 4. The highest BCUT2D eigenvalue weighted by Crippen LogP contribution is 2.10. The zero-order chi connectivity index (χ0) is 22.8. The second kappa shape index (κ2) is 11.8. The van der Waals surface area contributed by atoms with Gasteiger partial charge in [-0.25, -0.2) is 0 Å². The number of hydrogen-bond donors (Lipinski definition) is 2. The lowest BCUT2D eigenvalue weighted by Crippen LogP contribution is -2.53. The van der Waals surface area contributed by atoms with E-state index in [-0.39, 0.29) is 24.7 Å². The summed E-state index contributed by atoms with van der Waals surface area (Å²) in [6, 6.07) is 16.6. The zero-order valence-corrected chi connectivity index (χ0v) is 18.3. The summed E-state index contributed by atoms with van der Waals surface area (Å²) in [5, 5.41) is 5.36. The predicted molar refractivity (Wildman–Crippen MR) is 119 cm³/mol. The van der Waals surface area contributed by atoms with Gasteiger partial charge in [0.05, 0.1) is 6.04 Å². The van der Waals surface area contributed by atoms with E-state index in [1.165, 1.54) is 6.92 Å². The Balaban J connectivity index is 2.13. The summed E-state index contributed by atoms with van der Waals surface area (Å²) < 4.78 is 0. The molecule has 2 N–H and O–H groups in total. The first-order chi connectivity index (χ1) is 14.8. The van der Waals surface area contributed by atoms with Crippen molar-refractivity contribution < 1.29 is 19.2 Å². The van der Waals surface area contributed by atoms with Gasteiger partial charge in [-0.15, -0.1) is 0 Å². The highest BCUT2D eigenvalue weighted by Gasteiger charge is 2.30. The van der Waals surface area contributed by atoms with Gasteiger partial charge in [-0.05, 0) is 23.5 Å². The normalized spacial score (nSPS) is 12.6. The van der Waals surface area contributed by atoms with Crippen molar-refractivity contribution in [2.45, 2.75) is 52.1 Å². The molecule has 0 saturated carbocycles. The van der Waals surface area contributed by atoms with Crippen molar-refractivity contribution in [1.29, 1.82) is 0 Å². The van der Waals surface area contributed by atoms with Crippen LogP contribution < -0.4 is 10.6 Å². The summed E-state index contributed by atoms with van der Waals surface area (Å²) in [7, 11) is 0.